The summed E-state index contributed by atoms with van der Waals surface area (Å²) in [5.41, 5.74) is 0.753. The lowest BCUT2D eigenvalue weighted by Crippen LogP contribution is -2.65. The molecule has 1 aliphatic heterocycles. The molecule has 2 unspecified atom stereocenters. The van der Waals surface area contributed by atoms with Crippen LogP contribution in [-0.2, 0) is 0 Å². The largest absolute Gasteiger partial charge is 0.311 e. The van der Waals surface area contributed by atoms with E-state index in [9.17, 15) is 0 Å². The number of hydrogen-bond donors (Lipinski definition) is 1. The van der Waals surface area contributed by atoms with E-state index in [1.54, 1.807) is 0 Å². The van der Waals surface area contributed by atoms with E-state index in [0.29, 0.717) is 23.0 Å². The maximum atomic E-state index is 3.73. The molecule has 0 bridgehead atoms. The second kappa shape index (κ2) is 4.24. The van der Waals surface area contributed by atoms with Crippen molar-refractivity contribution in [1.29, 1.82) is 0 Å². The average molecular weight is 238 g/mol. The van der Waals surface area contributed by atoms with E-state index >= 15 is 0 Å². The smallest absolute Gasteiger partial charge is 0.0244 e. The lowest BCUT2D eigenvalue weighted by atomic mass is 9.82. The highest BCUT2D eigenvalue weighted by atomic mass is 15.3. The van der Waals surface area contributed by atoms with Gasteiger partial charge in [-0.3, -0.25) is 4.90 Å². The molecule has 1 saturated heterocycles. The molecular weight excluding hydrogens is 208 g/mol. The van der Waals surface area contributed by atoms with Crippen LogP contribution in [0.25, 0.3) is 0 Å². The maximum Gasteiger partial charge on any atom is 0.0244 e. The third-order valence-electron chi connectivity index (χ3n) is 4.93. The Kier molecular flexibility index (Phi) is 3.33. The molecule has 2 aliphatic rings. The molecule has 2 rings (SSSR count). The fourth-order valence-electron chi connectivity index (χ4n) is 3.27. The summed E-state index contributed by atoms with van der Waals surface area (Å²) >= 11 is 0. The molecule has 0 aromatic heterocycles. The van der Waals surface area contributed by atoms with Gasteiger partial charge in [-0.2, -0.15) is 0 Å². The zero-order valence-corrected chi connectivity index (χ0v) is 12.5. The molecule has 2 atom stereocenters. The molecule has 0 radical (unpaired) electrons. The summed E-state index contributed by atoms with van der Waals surface area (Å²) in [7, 11) is 0. The predicted molar refractivity (Wildman–Crippen MR) is 74.2 cm³/mol. The topological polar surface area (TPSA) is 15.3 Å². The van der Waals surface area contributed by atoms with Crippen LogP contribution in [0.5, 0.6) is 0 Å². The lowest BCUT2D eigenvalue weighted by molar-refractivity contribution is 0.00384. The normalized spacial score (nSPS) is 32.8. The van der Waals surface area contributed by atoms with Gasteiger partial charge >= 0.3 is 0 Å². The van der Waals surface area contributed by atoms with Crippen LogP contribution in [0.2, 0.25) is 0 Å². The third-order valence-corrected chi connectivity index (χ3v) is 4.93. The molecule has 100 valence electrons. The number of nitrogens with one attached hydrogen (secondary N) is 1. The van der Waals surface area contributed by atoms with Crippen molar-refractivity contribution < 1.29 is 0 Å². The van der Waals surface area contributed by atoms with Crippen molar-refractivity contribution in [3.8, 4) is 0 Å². The molecule has 1 aliphatic carbocycles. The van der Waals surface area contributed by atoms with E-state index in [1.165, 1.54) is 19.4 Å². The Morgan fingerprint density at radius 1 is 1.06 bits per heavy atom. The standard InChI is InChI=1S/C15H30N2/c1-11-9-16-13(14(2,3)4)10-17(11)15(5,6)12-7-8-12/h11-13,16H,7-10H2,1-6H3. The molecule has 0 aromatic carbocycles. The van der Waals surface area contributed by atoms with Crippen molar-refractivity contribution in [2.45, 2.75) is 72.0 Å². The van der Waals surface area contributed by atoms with Crippen molar-refractivity contribution in [2.24, 2.45) is 11.3 Å². The first kappa shape index (κ1) is 13.4. The Hall–Kier alpha value is -0.0800. The van der Waals surface area contributed by atoms with Crippen LogP contribution in [0.15, 0.2) is 0 Å². The van der Waals surface area contributed by atoms with Crippen LogP contribution in [0.3, 0.4) is 0 Å². The molecule has 2 heteroatoms. The Labute approximate surface area is 107 Å². The van der Waals surface area contributed by atoms with Crippen LogP contribution in [0.4, 0.5) is 0 Å². The van der Waals surface area contributed by atoms with Crippen molar-refractivity contribution in [3.63, 3.8) is 0 Å². The lowest BCUT2D eigenvalue weighted by Gasteiger charge is -2.51. The Balaban J connectivity index is 2.09. The molecule has 1 N–H and O–H groups in total. The third kappa shape index (κ3) is 2.68. The van der Waals surface area contributed by atoms with E-state index in [2.05, 4.69) is 51.8 Å². The predicted octanol–water partition coefficient (Wildman–Crippen LogP) is 2.88. The summed E-state index contributed by atoms with van der Waals surface area (Å²) in [6, 6.07) is 1.29. The van der Waals surface area contributed by atoms with Gasteiger partial charge in [-0.25, -0.2) is 0 Å². The van der Waals surface area contributed by atoms with Gasteiger partial charge in [0.2, 0.25) is 0 Å². The monoisotopic (exact) mass is 238 g/mol. The van der Waals surface area contributed by atoms with Gasteiger partial charge in [0.15, 0.2) is 0 Å². The molecule has 1 saturated carbocycles. The van der Waals surface area contributed by atoms with Crippen LogP contribution in [-0.4, -0.2) is 35.6 Å². The number of rotatable bonds is 2. The molecule has 0 aromatic rings. The first-order chi connectivity index (χ1) is 7.73. The highest BCUT2D eigenvalue weighted by molar-refractivity contribution is 5.02. The highest BCUT2D eigenvalue weighted by Crippen LogP contribution is 2.44. The second-order valence-electron chi connectivity index (χ2n) is 7.76. The molecule has 0 amide bonds. The van der Waals surface area contributed by atoms with Crippen LogP contribution >= 0.6 is 0 Å². The summed E-state index contributed by atoms with van der Waals surface area (Å²) in [4.78, 5) is 2.76. The molecule has 0 spiro atoms. The molecule has 2 nitrogen and oxygen atoms in total. The van der Waals surface area contributed by atoms with Gasteiger partial charge in [0.05, 0.1) is 0 Å². The molecule has 17 heavy (non-hydrogen) atoms. The van der Waals surface area contributed by atoms with Crippen molar-refractivity contribution in [3.05, 3.63) is 0 Å². The first-order valence-corrected chi connectivity index (χ1v) is 7.23. The molecule has 1 heterocycles. The molecule has 2 fully saturated rings. The minimum Gasteiger partial charge on any atom is -0.311 e. The minimum absolute atomic E-state index is 0.359. The van der Waals surface area contributed by atoms with E-state index in [0.717, 1.165) is 12.5 Å². The fourth-order valence-corrected chi connectivity index (χ4v) is 3.27. The maximum absolute atomic E-state index is 3.73. The number of piperazine rings is 1. The summed E-state index contributed by atoms with van der Waals surface area (Å²) < 4.78 is 0. The minimum atomic E-state index is 0.359. The molecular formula is C15H30N2. The number of nitrogens with zero attached hydrogens (tertiary/aromatic N) is 1. The van der Waals surface area contributed by atoms with Crippen LogP contribution in [0.1, 0.15) is 54.4 Å². The van der Waals surface area contributed by atoms with Gasteiger partial charge in [-0.15, -0.1) is 0 Å². The van der Waals surface area contributed by atoms with Crippen molar-refractivity contribution in [2.75, 3.05) is 13.1 Å². The van der Waals surface area contributed by atoms with E-state index in [-0.39, 0.29) is 0 Å². The second-order valence-corrected chi connectivity index (χ2v) is 7.76. The zero-order chi connectivity index (χ0) is 12.8. The Morgan fingerprint density at radius 3 is 2.12 bits per heavy atom. The first-order valence-electron chi connectivity index (χ1n) is 7.23. The van der Waals surface area contributed by atoms with E-state index in [4.69, 9.17) is 0 Å². The van der Waals surface area contributed by atoms with Gasteiger partial charge in [-0.05, 0) is 44.9 Å². The zero-order valence-electron chi connectivity index (χ0n) is 12.5. The summed E-state index contributed by atoms with van der Waals surface area (Å²) in [6.07, 6.45) is 2.87. The van der Waals surface area contributed by atoms with Gasteiger partial charge in [0.25, 0.3) is 0 Å². The van der Waals surface area contributed by atoms with Gasteiger partial charge < -0.3 is 5.32 Å². The Bertz CT molecular complexity index is 273. The van der Waals surface area contributed by atoms with Crippen LogP contribution < -0.4 is 5.32 Å². The quantitative estimate of drug-likeness (QED) is 0.796. The van der Waals surface area contributed by atoms with Crippen molar-refractivity contribution >= 4 is 0 Å². The van der Waals surface area contributed by atoms with E-state index < -0.39 is 0 Å². The van der Waals surface area contributed by atoms with E-state index in [1.807, 2.05) is 0 Å². The van der Waals surface area contributed by atoms with Crippen molar-refractivity contribution in [1.82, 2.24) is 10.2 Å². The highest BCUT2D eigenvalue weighted by Gasteiger charge is 2.46. The SMILES string of the molecule is CC1CNC(C(C)(C)C)CN1C(C)(C)C1CC1. The summed E-state index contributed by atoms with van der Waals surface area (Å²) in [5.74, 6) is 0.934. The average Bonchev–Trinajstić information content (AvgIpc) is 2.99. The van der Waals surface area contributed by atoms with Gasteiger partial charge in [0, 0.05) is 30.7 Å². The Morgan fingerprint density at radius 2 is 1.65 bits per heavy atom. The van der Waals surface area contributed by atoms with Crippen LogP contribution in [0, 0.1) is 11.3 Å². The van der Waals surface area contributed by atoms with Gasteiger partial charge in [-0.1, -0.05) is 20.8 Å². The van der Waals surface area contributed by atoms with Gasteiger partial charge in [0.1, 0.15) is 0 Å². The summed E-state index contributed by atoms with van der Waals surface area (Å²) in [6.45, 7) is 16.7. The fraction of sp³-hybridized carbons (Fsp3) is 1.00. The summed E-state index contributed by atoms with van der Waals surface area (Å²) in [5, 5.41) is 3.73. The number of hydrogen-bond acceptors (Lipinski definition) is 2.